The number of aliphatic hydroxyl groups is 1. The summed E-state index contributed by atoms with van der Waals surface area (Å²) in [6, 6.07) is 9.51. The van der Waals surface area contributed by atoms with Gasteiger partial charge in [-0.1, -0.05) is 30.3 Å². The highest BCUT2D eigenvalue weighted by Crippen LogP contribution is 2.22. The first-order valence-corrected chi connectivity index (χ1v) is 7.99. The van der Waals surface area contributed by atoms with E-state index in [2.05, 4.69) is 0 Å². The number of rotatable bonds is 3. The monoisotopic (exact) mass is 348 g/mol. The Labute approximate surface area is 147 Å². The van der Waals surface area contributed by atoms with E-state index in [-0.39, 0.29) is 12.2 Å². The normalized spacial score (nSPS) is 17.8. The van der Waals surface area contributed by atoms with Crippen LogP contribution in [-0.2, 0) is 20.8 Å². The molecule has 0 saturated carbocycles. The maximum Gasteiger partial charge on any atom is 0.415 e. The minimum absolute atomic E-state index is 0.0259. The number of benzene rings is 1. The fourth-order valence-corrected chi connectivity index (χ4v) is 2.38. The molecule has 1 aromatic carbocycles. The van der Waals surface area contributed by atoms with Crippen molar-refractivity contribution in [2.45, 2.75) is 39.1 Å². The number of hydrogen-bond acceptors (Lipinski definition) is 6. The van der Waals surface area contributed by atoms with Gasteiger partial charge in [-0.2, -0.15) is 0 Å². The Hall–Kier alpha value is -2.54. The molecule has 1 unspecified atom stereocenters. The average molecular weight is 348 g/mol. The second kappa shape index (κ2) is 7.57. The summed E-state index contributed by atoms with van der Waals surface area (Å²) in [7, 11) is 1.24. The molecule has 136 valence electrons. The number of esters is 1. The number of β-amino-alcohol motifs (C(OH)–C–C–N with tert-alkyl or cyclic N) is 1. The molecule has 1 aliphatic rings. The van der Waals surface area contributed by atoms with Crippen molar-refractivity contribution >= 4 is 12.1 Å². The maximum atomic E-state index is 12.4. The maximum absolute atomic E-state index is 12.4. The molecule has 1 heterocycles. The number of carbonyl (C=O) groups is 2. The molecular formula is C18H24N2O5. The lowest BCUT2D eigenvalue weighted by Crippen LogP contribution is -2.50. The van der Waals surface area contributed by atoms with E-state index >= 15 is 0 Å². The van der Waals surface area contributed by atoms with Gasteiger partial charge in [0.05, 0.1) is 13.7 Å². The molecule has 0 fully saturated rings. The number of amides is 1. The molecule has 0 spiro atoms. The first-order valence-electron chi connectivity index (χ1n) is 7.99. The molecule has 0 saturated heterocycles. The van der Waals surface area contributed by atoms with Crippen LogP contribution in [0.5, 0.6) is 0 Å². The zero-order valence-electron chi connectivity index (χ0n) is 14.9. The zero-order valence-corrected chi connectivity index (χ0v) is 14.9. The first kappa shape index (κ1) is 18.8. The summed E-state index contributed by atoms with van der Waals surface area (Å²) in [5.41, 5.74) is 0.274. The van der Waals surface area contributed by atoms with Gasteiger partial charge in [-0.3, -0.25) is 4.90 Å². The van der Waals surface area contributed by atoms with E-state index in [1.165, 1.54) is 13.3 Å². The highest BCUT2D eigenvalue weighted by molar-refractivity contribution is 5.92. The van der Waals surface area contributed by atoms with Crippen LogP contribution in [0.2, 0.25) is 0 Å². The zero-order chi connectivity index (χ0) is 18.6. The van der Waals surface area contributed by atoms with Gasteiger partial charge in [-0.15, -0.1) is 0 Å². The Balaban J connectivity index is 2.27. The van der Waals surface area contributed by atoms with Gasteiger partial charge in [0.25, 0.3) is 0 Å². The second-order valence-corrected chi connectivity index (χ2v) is 6.74. The summed E-state index contributed by atoms with van der Waals surface area (Å²) in [5.74, 6) is -0.671. The Morgan fingerprint density at radius 3 is 2.44 bits per heavy atom. The highest BCUT2D eigenvalue weighted by atomic mass is 16.6. The molecule has 1 amide bonds. The molecule has 0 aliphatic carbocycles. The minimum Gasteiger partial charge on any atom is -0.464 e. The van der Waals surface area contributed by atoms with Crippen LogP contribution in [0.15, 0.2) is 42.2 Å². The van der Waals surface area contributed by atoms with Crippen molar-refractivity contribution in [3.63, 3.8) is 0 Å². The number of nitrogens with zero attached hydrogens (tertiary/aromatic N) is 2. The van der Waals surface area contributed by atoms with Crippen LogP contribution in [-0.4, -0.2) is 52.5 Å². The van der Waals surface area contributed by atoms with Gasteiger partial charge >= 0.3 is 12.1 Å². The standard InChI is InChI=1S/C18H24N2O5/c1-18(2,3)25-17(23)20-12-15(21)19(11-14(20)16(22)24-4)10-13-8-6-5-7-9-13/h5-9,11,15,21H,10,12H2,1-4H3. The van der Waals surface area contributed by atoms with Crippen LogP contribution < -0.4 is 0 Å². The average Bonchev–Trinajstić information content (AvgIpc) is 2.55. The van der Waals surface area contributed by atoms with E-state index in [1.54, 1.807) is 25.7 Å². The Kier molecular flexibility index (Phi) is 5.69. The van der Waals surface area contributed by atoms with Gasteiger partial charge in [0.2, 0.25) is 0 Å². The quantitative estimate of drug-likeness (QED) is 0.843. The predicted molar refractivity (Wildman–Crippen MR) is 91.0 cm³/mol. The summed E-state index contributed by atoms with van der Waals surface area (Å²) in [5, 5.41) is 10.4. The third-order valence-corrected chi connectivity index (χ3v) is 3.52. The molecule has 1 atom stereocenters. The molecule has 7 nitrogen and oxygen atoms in total. The van der Waals surface area contributed by atoms with Crippen molar-refractivity contribution in [3.05, 3.63) is 47.8 Å². The highest BCUT2D eigenvalue weighted by Gasteiger charge is 2.35. The molecule has 1 N–H and O–H groups in total. The first-order chi connectivity index (χ1) is 11.7. The molecule has 7 heteroatoms. The lowest BCUT2D eigenvalue weighted by atomic mass is 10.2. The second-order valence-electron chi connectivity index (χ2n) is 6.74. The molecular weight excluding hydrogens is 324 g/mol. The molecule has 25 heavy (non-hydrogen) atoms. The number of methoxy groups -OCH3 is 1. The molecule has 1 aromatic rings. The molecule has 2 rings (SSSR count). The fraction of sp³-hybridized carbons (Fsp3) is 0.444. The fourth-order valence-electron chi connectivity index (χ4n) is 2.38. The van der Waals surface area contributed by atoms with Crippen LogP contribution in [0, 0.1) is 0 Å². The van der Waals surface area contributed by atoms with Crippen LogP contribution in [0.25, 0.3) is 0 Å². The Morgan fingerprint density at radius 1 is 1.24 bits per heavy atom. The van der Waals surface area contributed by atoms with Crippen molar-refractivity contribution < 1.29 is 24.2 Å². The van der Waals surface area contributed by atoms with E-state index < -0.39 is 23.9 Å². The molecule has 1 aliphatic heterocycles. The minimum atomic E-state index is -0.971. The van der Waals surface area contributed by atoms with Gasteiger partial charge in [0, 0.05) is 12.7 Å². The van der Waals surface area contributed by atoms with Crippen LogP contribution >= 0.6 is 0 Å². The van der Waals surface area contributed by atoms with Crippen LogP contribution in [0.3, 0.4) is 0 Å². The third kappa shape index (κ3) is 4.96. The molecule has 0 aromatic heterocycles. The van der Waals surface area contributed by atoms with E-state index in [0.717, 1.165) is 10.5 Å². The van der Waals surface area contributed by atoms with Gasteiger partial charge in [-0.25, -0.2) is 9.59 Å². The van der Waals surface area contributed by atoms with Gasteiger partial charge in [0.15, 0.2) is 0 Å². The van der Waals surface area contributed by atoms with Crippen molar-refractivity contribution in [2.24, 2.45) is 0 Å². The van der Waals surface area contributed by atoms with E-state index in [0.29, 0.717) is 6.54 Å². The van der Waals surface area contributed by atoms with E-state index in [4.69, 9.17) is 9.47 Å². The number of carbonyl (C=O) groups excluding carboxylic acids is 2. The summed E-state index contributed by atoms with van der Waals surface area (Å²) in [6.07, 6.45) is -0.250. The van der Waals surface area contributed by atoms with Crippen molar-refractivity contribution in [1.29, 1.82) is 0 Å². The van der Waals surface area contributed by atoms with Crippen LogP contribution in [0.1, 0.15) is 26.3 Å². The number of hydrogen-bond donors (Lipinski definition) is 1. The largest absolute Gasteiger partial charge is 0.464 e. The summed E-state index contributed by atoms with van der Waals surface area (Å²) in [4.78, 5) is 27.2. The smallest absolute Gasteiger partial charge is 0.415 e. The topological polar surface area (TPSA) is 79.3 Å². The number of ether oxygens (including phenoxy) is 2. The Morgan fingerprint density at radius 2 is 1.88 bits per heavy atom. The lowest BCUT2D eigenvalue weighted by molar-refractivity contribution is -0.139. The predicted octanol–water partition coefficient (Wildman–Crippen LogP) is 2.07. The lowest BCUT2D eigenvalue weighted by Gasteiger charge is -2.38. The number of aliphatic hydroxyl groups excluding tert-OH is 1. The summed E-state index contributed by atoms with van der Waals surface area (Å²) < 4.78 is 10.1. The van der Waals surface area contributed by atoms with E-state index in [1.807, 2.05) is 30.3 Å². The Bertz CT molecular complexity index is 651. The molecule has 0 bridgehead atoms. The van der Waals surface area contributed by atoms with Gasteiger partial charge in [0.1, 0.15) is 17.5 Å². The van der Waals surface area contributed by atoms with Crippen molar-refractivity contribution in [3.8, 4) is 0 Å². The molecule has 0 radical (unpaired) electrons. The van der Waals surface area contributed by atoms with Gasteiger partial charge < -0.3 is 19.5 Å². The van der Waals surface area contributed by atoms with Crippen molar-refractivity contribution in [2.75, 3.05) is 13.7 Å². The van der Waals surface area contributed by atoms with E-state index in [9.17, 15) is 14.7 Å². The van der Waals surface area contributed by atoms with Crippen molar-refractivity contribution in [1.82, 2.24) is 9.80 Å². The third-order valence-electron chi connectivity index (χ3n) is 3.52. The summed E-state index contributed by atoms with van der Waals surface area (Å²) >= 11 is 0. The summed E-state index contributed by atoms with van der Waals surface area (Å²) in [6.45, 7) is 5.49. The van der Waals surface area contributed by atoms with Gasteiger partial charge in [-0.05, 0) is 26.3 Å². The SMILES string of the molecule is COC(=O)C1=CN(Cc2ccccc2)C(O)CN1C(=O)OC(C)(C)C. The van der Waals surface area contributed by atoms with Crippen LogP contribution in [0.4, 0.5) is 4.79 Å².